The largest absolute Gasteiger partial charge is 0.488 e. The maximum absolute atomic E-state index is 15.0. The molecule has 1 amide bonds. The number of sulfonamides is 1. The molecule has 1 aromatic heterocycles. The van der Waals surface area contributed by atoms with Crippen molar-refractivity contribution < 1.29 is 45.0 Å². The third-order valence-electron chi connectivity index (χ3n) is 10.3. The highest BCUT2D eigenvalue weighted by Gasteiger charge is 2.48. The number of anilines is 1. The summed E-state index contributed by atoms with van der Waals surface area (Å²) in [6, 6.07) is 20.8. The summed E-state index contributed by atoms with van der Waals surface area (Å²) >= 11 is 5.35. The van der Waals surface area contributed by atoms with E-state index >= 15 is 0 Å². The van der Waals surface area contributed by atoms with E-state index in [9.17, 15) is 35.6 Å². The molecule has 2 heterocycles. The molecule has 1 saturated carbocycles. The molecule has 302 valence electrons. The Morgan fingerprint density at radius 1 is 0.793 bits per heavy atom. The van der Waals surface area contributed by atoms with Crippen molar-refractivity contribution in [1.82, 2.24) is 14.3 Å². The first-order chi connectivity index (χ1) is 27.9. The first-order valence-corrected chi connectivity index (χ1v) is 20.4. The van der Waals surface area contributed by atoms with Gasteiger partial charge in [0.15, 0.2) is 28.2 Å². The molecular weight excluding hydrogens is 800 g/mol. The number of benzene rings is 4. The summed E-state index contributed by atoms with van der Waals surface area (Å²) in [6.45, 7) is -0.672. The van der Waals surface area contributed by atoms with Crippen molar-refractivity contribution in [3.8, 4) is 5.75 Å². The minimum absolute atomic E-state index is 0.0191. The highest BCUT2D eigenvalue weighted by atomic mass is 35.5. The number of carbonyl (C=O) groups is 2. The van der Waals surface area contributed by atoms with Crippen LogP contribution in [0.2, 0.25) is 5.02 Å². The van der Waals surface area contributed by atoms with Gasteiger partial charge in [-0.05, 0) is 42.5 Å². The van der Waals surface area contributed by atoms with Crippen molar-refractivity contribution in [2.24, 2.45) is 0 Å². The number of halogens is 5. The van der Waals surface area contributed by atoms with E-state index in [0.29, 0.717) is 10.00 Å². The van der Waals surface area contributed by atoms with Crippen LogP contribution in [0.3, 0.4) is 0 Å². The van der Waals surface area contributed by atoms with Gasteiger partial charge in [-0.1, -0.05) is 91.5 Å². The van der Waals surface area contributed by atoms with Gasteiger partial charge >= 0.3 is 5.97 Å². The second-order valence-corrected chi connectivity index (χ2v) is 16.2. The average molecular weight is 837 g/mol. The first kappa shape index (κ1) is 40.8. The Bertz CT molecular complexity index is 2380. The topological polar surface area (TPSA) is 119 Å². The van der Waals surface area contributed by atoms with Crippen molar-refractivity contribution in [3.63, 3.8) is 0 Å². The molecule has 1 aliphatic carbocycles. The van der Waals surface area contributed by atoms with E-state index in [2.05, 4.69) is 9.97 Å². The van der Waals surface area contributed by atoms with E-state index in [1.165, 1.54) is 29.3 Å². The molecule has 2 fully saturated rings. The monoisotopic (exact) mass is 836 g/mol. The lowest BCUT2D eigenvalue weighted by atomic mass is 9.87. The number of hydrogen-bond donors (Lipinski definition) is 0. The van der Waals surface area contributed by atoms with Gasteiger partial charge in [-0.2, -0.15) is 4.31 Å². The van der Waals surface area contributed by atoms with Gasteiger partial charge < -0.3 is 14.4 Å². The zero-order valence-corrected chi connectivity index (χ0v) is 32.5. The van der Waals surface area contributed by atoms with Gasteiger partial charge in [-0.25, -0.2) is 30.8 Å². The number of amides is 1. The number of ether oxygens (including phenoxy) is 2. The summed E-state index contributed by atoms with van der Waals surface area (Å²) < 4.78 is 98.4. The van der Waals surface area contributed by atoms with Crippen LogP contribution in [0.15, 0.2) is 96.2 Å². The standard InChI is InChI=1S/C42H37ClF4N4O6S/c43-35-36(44)38(46)40(39(47)37(35)45)58(54,55)51-19-18-33(51)41(52)50(23-29-21-49-32(22-48-29)28-14-8-3-9-15-28)30-16-17-31(42(53)57-25-27-12-6-2-7-13-27)34(20-30)56-24-26-10-4-1-5-11-26/h1-2,4-7,10-13,16-17,20-22,28,33H,3,8-9,14-15,18-19,23-25H2/t33-/m1/s1. The smallest absolute Gasteiger partial charge is 0.342 e. The molecule has 1 saturated heterocycles. The van der Waals surface area contributed by atoms with Crippen molar-refractivity contribution >= 4 is 39.2 Å². The zero-order chi connectivity index (χ0) is 41.0. The van der Waals surface area contributed by atoms with Gasteiger partial charge in [0.25, 0.3) is 0 Å². The molecule has 58 heavy (non-hydrogen) atoms. The Balaban J connectivity index is 1.24. The Morgan fingerprint density at radius 3 is 2.02 bits per heavy atom. The molecule has 0 bridgehead atoms. The normalized spacial score (nSPS) is 16.1. The van der Waals surface area contributed by atoms with Crippen LogP contribution in [0.25, 0.3) is 0 Å². The molecule has 5 aromatic rings. The third-order valence-corrected chi connectivity index (χ3v) is 12.5. The van der Waals surface area contributed by atoms with Crippen LogP contribution in [-0.4, -0.2) is 47.2 Å². The summed E-state index contributed by atoms with van der Waals surface area (Å²) in [6.07, 6.45) is 8.29. The summed E-state index contributed by atoms with van der Waals surface area (Å²) in [5.74, 6) is -9.94. The highest BCUT2D eigenvalue weighted by molar-refractivity contribution is 7.89. The minimum atomic E-state index is -5.34. The first-order valence-electron chi connectivity index (χ1n) is 18.6. The maximum Gasteiger partial charge on any atom is 0.342 e. The quantitative estimate of drug-likeness (QED) is 0.0501. The lowest BCUT2D eigenvalue weighted by Gasteiger charge is -2.41. The van der Waals surface area contributed by atoms with Gasteiger partial charge in [0.1, 0.15) is 35.6 Å². The van der Waals surface area contributed by atoms with Crippen LogP contribution < -0.4 is 9.64 Å². The van der Waals surface area contributed by atoms with Gasteiger partial charge in [-0.3, -0.25) is 14.8 Å². The minimum Gasteiger partial charge on any atom is -0.488 e. The summed E-state index contributed by atoms with van der Waals surface area (Å²) in [5, 5.41) is -1.55. The van der Waals surface area contributed by atoms with Crippen LogP contribution in [0.4, 0.5) is 23.2 Å². The Hall–Kier alpha value is -5.38. The molecule has 16 heteroatoms. The number of nitrogens with zero attached hydrogens (tertiary/aromatic N) is 4. The second-order valence-electron chi connectivity index (χ2n) is 14.0. The predicted molar refractivity (Wildman–Crippen MR) is 205 cm³/mol. The van der Waals surface area contributed by atoms with E-state index in [4.69, 9.17) is 21.1 Å². The Labute approximate surface area is 337 Å². The molecule has 4 aromatic carbocycles. The van der Waals surface area contributed by atoms with E-state index in [1.807, 2.05) is 36.4 Å². The highest BCUT2D eigenvalue weighted by Crippen LogP contribution is 2.38. The fourth-order valence-corrected chi connectivity index (χ4v) is 8.93. The lowest BCUT2D eigenvalue weighted by molar-refractivity contribution is -0.125. The van der Waals surface area contributed by atoms with Crippen LogP contribution in [-0.2, 0) is 39.3 Å². The number of esters is 1. The van der Waals surface area contributed by atoms with Crippen molar-refractivity contribution in [2.75, 3.05) is 11.4 Å². The van der Waals surface area contributed by atoms with E-state index in [0.717, 1.165) is 48.9 Å². The van der Waals surface area contributed by atoms with Crippen molar-refractivity contribution in [1.29, 1.82) is 0 Å². The lowest BCUT2D eigenvalue weighted by Crippen LogP contribution is -2.59. The third kappa shape index (κ3) is 8.57. The molecule has 10 nitrogen and oxygen atoms in total. The summed E-state index contributed by atoms with van der Waals surface area (Å²) in [4.78, 5) is 36.5. The summed E-state index contributed by atoms with van der Waals surface area (Å²) in [5.41, 5.74) is 2.80. The van der Waals surface area contributed by atoms with Crippen molar-refractivity contribution in [2.45, 2.75) is 75.1 Å². The Kier molecular flexibility index (Phi) is 12.4. The molecule has 0 unspecified atom stereocenters. The second kappa shape index (κ2) is 17.6. The van der Waals surface area contributed by atoms with Crippen LogP contribution in [0.1, 0.15) is 77.3 Å². The van der Waals surface area contributed by atoms with E-state index < -0.39 is 67.7 Å². The molecule has 0 N–H and O–H groups in total. The Morgan fingerprint density at radius 2 is 1.43 bits per heavy atom. The SMILES string of the molecule is O=C(OCc1ccccc1)c1ccc(N(Cc2cnc(C3CCCCC3)cn2)C(=O)[C@H]2CCN2S(=O)(=O)c2c(F)c(F)c(Cl)c(F)c2F)cc1OCc1ccccc1. The van der Waals surface area contributed by atoms with Gasteiger partial charge in [0, 0.05) is 30.4 Å². The maximum atomic E-state index is 15.0. The van der Waals surface area contributed by atoms with Crippen LogP contribution in [0, 0.1) is 23.3 Å². The summed E-state index contributed by atoms with van der Waals surface area (Å²) in [7, 11) is -5.34. The van der Waals surface area contributed by atoms with E-state index in [-0.39, 0.29) is 49.1 Å². The molecule has 0 radical (unpaired) electrons. The van der Waals surface area contributed by atoms with Crippen LogP contribution >= 0.6 is 11.6 Å². The molecule has 2 aliphatic rings. The van der Waals surface area contributed by atoms with E-state index in [1.54, 1.807) is 30.5 Å². The zero-order valence-electron chi connectivity index (χ0n) is 30.9. The van der Waals surface area contributed by atoms with Crippen molar-refractivity contribution in [3.05, 3.63) is 148 Å². The van der Waals surface area contributed by atoms with Crippen LogP contribution in [0.5, 0.6) is 5.75 Å². The molecule has 1 atom stereocenters. The van der Waals surface area contributed by atoms with Gasteiger partial charge in [-0.15, -0.1) is 0 Å². The molecular formula is C42H37ClF4N4O6S. The molecule has 7 rings (SSSR count). The fourth-order valence-electron chi connectivity index (χ4n) is 7.02. The van der Waals surface area contributed by atoms with Gasteiger partial charge in [0.05, 0.1) is 24.1 Å². The number of carbonyl (C=O) groups excluding carboxylic acids is 2. The fraction of sp³-hybridized carbons (Fsp3) is 0.286. The number of rotatable bonds is 13. The predicted octanol–water partition coefficient (Wildman–Crippen LogP) is 8.67. The number of aromatic nitrogens is 2. The van der Waals surface area contributed by atoms with Gasteiger partial charge in [0.2, 0.25) is 15.9 Å². The molecule has 1 aliphatic heterocycles. The molecule has 0 spiro atoms. The average Bonchev–Trinajstić information content (AvgIpc) is 3.23. The number of hydrogen-bond acceptors (Lipinski definition) is 8.